The molecule has 0 spiro atoms. The average Bonchev–Trinajstić information content (AvgIpc) is 3.54. The monoisotopic (exact) mass is 542 g/mol. The van der Waals surface area contributed by atoms with Crippen LogP contribution < -0.4 is 10.6 Å². The summed E-state index contributed by atoms with van der Waals surface area (Å²) in [4.78, 5) is 52.7. The molecule has 3 aliphatic rings. The molecule has 2 saturated heterocycles. The molecule has 9 nitrogen and oxygen atoms in total. The maximum atomic E-state index is 14.5. The van der Waals surface area contributed by atoms with Gasteiger partial charge in [-0.15, -0.1) is 23.1 Å². The van der Waals surface area contributed by atoms with E-state index in [0.717, 1.165) is 11.3 Å². The molecule has 3 amide bonds. The highest BCUT2D eigenvalue weighted by Gasteiger charge is 2.61. The SMILES string of the molecule is CC(NC(=O)C(F)(F)c1cccs1)[C@H]1C(=O)N2C(C(=O)O)=C(S[C@@H]3CN[C@H](C(=O)N(C)C)C3)[C@H](C)[C@H]12. The zero-order valence-corrected chi connectivity index (χ0v) is 21.8. The van der Waals surface area contributed by atoms with Crippen LogP contribution in [0.5, 0.6) is 0 Å². The maximum absolute atomic E-state index is 14.5. The Morgan fingerprint density at radius 3 is 2.64 bits per heavy atom. The van der Waals surface area contributed by atoms with Crippen LogP contribution in [0.1, 0.15) is 25.1 Å². The standard InChI is InChI=1S/C23H28F2N4O5S2/c1-10-16-15(11(2)27-22(34)23(24,25)14-6-5-7-35-14)20(31)29(16)17(21(32)33)18(10)36-12-8-13(26-9-12)19(30)28(3)4/h5-7,10-13,15-16,26H,8-9H2,1-4H3,(H,27,34)(H,32,33)/t10-,11?,12+,13+,15-,16-/m1/s1. The van der Waals surface area contributed by atoms with Crippen LogP contribution in [0.25, 0.3) is 0 Å². The van der Waals surface area contributed by atoms with Gasteiger partial charge in [-0.3, -0.25) is 14.4 Å². The van der Waals surface area contributed by atoms with Crippen molar-refractivity contribution >= 4 is 46.8 Å². The number of fused-ring (bicyclic) bond motifs is 1. The van der Waals surface area contributed by atoms with E-state index in [-0.39, 0.29) is 28.8 Å². The van der Waals surface area contributed by atoms with Gasteiger partial charge in [0.15, 0.2) is 0 Å². The first-order chi connectivity index (χ1) is 16.9. The minimum atomic E-state index is -3.74. The first-order valence-corrected chi connectivity index (χ1v) is 13.3. The Bertz CT molecular complexity index is 1110. The number of hydrogen-bond acceptors (Lipinski definition) is 7. The molecule has 0 bridgehead atoms. The van der Waals surface area contributed by atoms with E-state index in [1.807, 2.05) is 0 Å². The van der Waals surface area contributed by atoms with Crippen molar-refractivity contribution in [2.75, 3.05) is 20.6 Å². The van der Waals surface area contributed by atoms with Crippen molar-refractivity contribution in [3.63, 3.8) is 0 Å². The number of likely N-dealkylation sites (N-methyl/N-ethyl adjacent to an activating group) is 1. The molecule has 0 aromatic carbocycles. The number of β-lactam (4-membered cyclic amide) rings is 1. The Morgan fingerprint density at radius 1 is 1.36 bits per heavy atom. The molecule has 13 heteroatoms. The minimum Gasteiger partial charge on any atom is -0.477 e. The molecular formula is C23H28F2N4O5S2. The highest BCUT2D eigenvalue weighted by atomic mass is 32.2. The summed E-state index contributed by atoms with van der Waals surface area (Å²) in [7, 11) is 3.34. The summed E-state index contributed by atoms with van der Waals surface area (Å²) in [5.41, 5.74) is -0.108. The molecule has 3 N–H and O–H groups in total. The molecule has 4 heterocycles. The Morgan fingerprint density at radius 2 is 2.06 bits per heavy atom. The summed E-state index contributed by atoms with van der Waals surface area (Å²) >= 11 is 2.10. The summed E-state index contributed by atoms with van der Waals surface area (Å²) in [6.45, 7) is 3.79. The molecule has 6 atom stereocenters. The van der Waals surface area contributed by atoms with Gasteiger partial charge in [-0.25, -0.2) is 4.79 Å². The number of thioether (sulfide) groups is 1. The van der Waals surface area contributed by atoms with Crippen LogP contribution in [0.4, 0.5) is 8.78 Å². The Kier molecular flexibility index (Phi) is 7.19. The van der Waals surface area contributed by atoms with Crippen molar-refractivity contribution in [1.29, 1.82) is 0 Å². The number of nitrogens with one attached hydrogen (secondary N) is 2. The number of carbonyl (C=O) groups excluding carboxylic acids is 3. The minimum absolute atomic E-state index is 0.0621. The number of carboxylic acids is 1. The summed E-state index contributed by atoms with van der Waals surface area (Å²) in [5, 5.41) is 16.7. The lowest BCUT2D eigenvalue weighted by molar-refractivity contribution is -0.160. The third-order valence-corrected chi connectivity index (χ3v) is 9.38. The Balaban J connectivity index is 1.47. The molecule has 3 aliphatic heterocycles. The molecule has 4 rings (SSSR count). The van der Waals surface area contributed by atoms with Gasteiger partial charge >= 0.3 is 11.9 Å². The van der Waals surface area contributed by atoms with Crippen molar-refractivity contribution in [3.8, 4) is 0 Å². The maximum Gasteiger partial charge on any atom is 0.358 e. The number of hydrogen-bond donors (Lipinski definition) is 3. The lowest BCUT2D eigenvalue weighted by Gasteiger charge is -2.47. The lowest BCUT2D eigenvalue weighted by Crippen LogP contribution is -2.66. The highest BCUT2D eigenvalue weighted by molar-refractivity contribution is 8.03. The number of amides is 3. The summed E-state index contributed by atoms with van der Waals surface area (Å²) in [5.74, 6) is -8.26. The Labute approximate surface area is 215 Å². The Hall–Kier alpha value is -2.51. The second-order valence-corrected chi connectivity index (χ2v) is 11.8. The van der Waals surface area contributed by atoms with E-state index >= 15 is 0 Å². The summed E-state index contributed by atoms with van der Waals surface area (Å²) in [6.07, 6.45) is 0.511. The van der Waals surface area contributed by atoms with Crippen molar-refractivity contribution in [2.24, 2.45) is 11.8 Å². The van der Waals surface area contributed by atoms with Gasteiger partial charge in [0.1, 0.15) is 5.70 Å². The number of carboxylic acid groups (broad SMARTS) is 1. The van der Waals surface area contributed by atoms with E-state index in [2.05, 4.69) is 10.6 Å². The fourth-order valence-electron chi connectivity index (χ4n) is 5.13. The summed E-state index contributed by atoms with van der Waals surface area (Å²) < 4.78 is 29.1. The topological polar surface area (TPSA) is 119 Å². The smallest absolute Gasteiger partial charge is 0.358 e. The number of rotatable bonds is 8. The zero-order chi connectivity index (χ0) is 26.5. The zero-order valence-electron chi connectivity index (χ0n) is 20.2. The van der Waals surface area contributed by atoms with Crippen LogP contribution in [0, 0.1) is 11.8 Å². The van der Waals surface area contributed by atoms with E-state index in [0.29, 0.717) is 17.9 Å². The molecular weight excluding hydrogens is 514 g/mol. The van der Waals surface area contributed by atoms with Crippen molar-refractivity contribution < 1.29 is 33.1 Å². The predicted molar refractivity (Wildman–Crippen MR) is 130 cm³/mol. The third kappa shape index (κ3) is 4.41. The molecule has 36 heavy (non-hydrogen) atoms. The lowest BCUT2D eigenvalue weighted by atomic mass is 9.78. The predicted octanol–water partition coefficient (Wildman–Crippen LogP) is 1.67. The second kappa shape index (κ2) is 9.75. The first kappa shape index (κ1) is 26.6. The molecule has 0 radical (unpaired) electrons. The quantitative estimate of drug-likeness (QED) is 0.428. The third-order valence-electron chi connectivity index (χ3n) is 6.93. The largest absolute Gasteiger partial charge is 0.477 e. The summed E-state index contributed by atoms with van der Waals surface area (Å²) in [6, 6.07) is 0.745. The molecule has 1 aromatic rings. The molecule has 1 unspecified atom stereocenters. The number of aliphatic carboxylic acids is 1. The number of nitrogens with zero attached hydrogens (tertiary/aromatic N) is 2. The van der Waals surface area contributed by atoms with Gasteiger partial charge in [-0.2, -0.15) is 8.78 Å². The number of thiophene rings is 1. The van der Waals surface area contributed by atoms with Gasteiger partial charge in [0.05, 0.1) is 22.9 Å². The van der Waals surface area contributed by atoms with E-state index in [1.54, 1.807) is 21.0 Å². The molecule has 0 aliphatic carbocycles. The van der Waals surface area contributed by atoms with Gasteiger partial charge in [0.25, 0.3) is 5.91 Å². The van der Waals surface area contributed by atoms with Crippen LogP contribution in [0.2, 0.25) is 0 Å². The number of halogens is 2. The van der Waals surface area contributed by atoms with Crippen LogP contribution in [-0.2, 0) is 25.1 Å². The van der Waals surface area contributed by atoms with Crippen LogP contribution in [0.15, 0.2) is 28.1 Å². The fourth-order valence-corrected chi connectivity index (χ4v) is 7.31. The van der Waals surface area contributed by atoms with E-state index in [4.69, 9.17) is 0 Å². The van der Waals surface area contributed by atoms with Crippen molar-refractivity contribution in [3.05, 3.63) is 33.0 Å². The number of carbonyl (C=O) groups is 4. The van der Waals surface area contributed by atoms with Gasteiger partial charge in [0, 0.05) is 42.8 Å². The molecule has 2 fully saturated rings. The normalized spacial score (nSPS) is 28.6. The second-order valence-electron chi connectivity index (χ2n) is 9.51. The first-order valence-electron chi connectivity index (χ1n) is 11.5. The van der Waals surface area contributed by atoms with Crippen molar-refractivity contribution in [2.45, 2.75) is 49.6 Å². The van der Waals surface area contributed by atoms with Crippen LogP contribution in [-0.4, -0.2) is 82.6 Å². The molecule has 0 saturated carbocycles. The molecule has 196 valence electrons. The van der Waals surface area contributed by atoms with E-state index in [1.165, 1.54) is 46.0 Å². The van der Waals surface area contributed by atoms with Crippen molar-refractivity contribution in [1.82, 2.24) is 20.4 Å². The van der Waals surface area contributed by atoms with Crippen LogP contribution in [0.3, 0.4) is 0 Å². The van der Waals surface area contributed by atoms with Gasteiger partial charge < -0.3 is 25.5 Å². The van der Waals surface area contributed by atoms with Gasteiger partial charge in [-0.05, 0) is 24.8 Å². The van der Waals surface area contributed by atoms with Gasteiger partial charge in [0.2, 0.25) is 11.8 Å². The average molecular weight is 543 g/mol. The van der Waals surface area contributed by atoms with E-state index in [9.17, 15) is 33.1 Å². The van der Waals surface area contributed by atoms with Crippen LogP contribution >= 0.6 is 23.1 Å². The van der Waals surface area contributed by atoms with E-state index < -0.39 is 46.6 Å². The van der Waals surface area contributed by atoms with Gasteiger partial charge in [-0.1, -0.05) is 13.0 Å². The molecule has 1 aromatic heterocycles. The number of alkyl halides is 2. The highest BCUT2D eigenvalue weighted by Crippen LogP contribution is 2.52. The fraction of sp³-hybridized carbons (Fsp3) is 0.565.